The van der Waals surface area contributed by atoms with Crippen LogP contribution in [0.2, 0.25) is 0 Å². The second kappa shape index (κ2) is 9.12. The van der Waals surface area contributed by atoms with E-state index in [1.54, 1.807) is 12.4 Å². The number of carbonyl (C=O) groups excluding carboxylic acids is 4. The van der Waals surface area contributed by atoms with E-state index in [2.05, 4.69) is 5.32 Å². The highest BCUT2D eigenvalue weighted by atomic mass is 19.4. The van der Waals surface area contributed by atoms with Gasteiger partial charge in [0, 0.05) is 26.7 Å². The summed E-state index contributed by atoms with van der Waals surface area (Å²) in [6, 6.07) is -1.86. The van der Waals surface area contributed by atoms with E-state index in [0.717, 1.165) is 0 Å². The highest BCUT2D eigenvalue weighted by Crippen LogP contribution is 2.65. The Kier molecular flexibility index (Phi) is 6.98. The molecule has 0 aromatic heterocycles. The van der Waals surface area contributed by atoms with E-state index >= 15 is 0 Å². The number of piperidine rings is 1. The van der Waals surface area contributed by atoms with Crippen molar-refractivity contribution in [2.45, 2.75) is 58.9 Å². The summed E-state index contributed by atoms with van der Waals surface area (Å²) in [5.74, 6) is -3.92. The maximum absolute atomic E-state index is 13.5. The zero-order valence-corrected chi connectivity index (χ0v) is 21.3. The molecule has 200 valence electrons. The zero-order chi connectivity index (χ0) is 27.4. The first kappa shape index (κ1) is 27.5. The number of alkyl halides is 3. The largest absolute Gasteiger partial charge is 0.471 e. The van der Waals surface area contributed by atoms with Gasteiger partial charge in [0.2, 0.25) is 11.8 Å². The minimum absolute atomic E-state index is 0.0319. The van der Waals surface area contributed by atoms with Gasteiger partial charge in [0.15, 0.2) is 0 Å². The number of rotatable bonds is 6. The maximum atomic E-state index is 13.5. The normalized spacial score (nSPS) is 26.7. The Labute approximate surface area is 208 Å². The first-order valence-corrected chi connectivity index (χ1v) is 11.8. The lowest BCUT2D eigenvalue weighted by atomic mass is 9.85. The van der Waals surface area contributed by atoms with Crippen molar-refractivity contribution in [2.75, 3.05) is 33.2 Å². The van der Waals surface area contributed by atoms with Crippen molar-refractivity contribution in [1.29, 1.82) is 5.26 Å². The summed E-state index contributed by atoms with van der Waals surface area (Å²) in [6.45, 7) is 9.47. The number of carbonyl (C=O) groups is 4. The molecule has 3 aliphatic rings. The number of hydrogen-bond acceptors (Lipinski definition) is 5. The molecule has 5 amide bonds. The SMILES string of the molecule is CN1CCN(C[C@@H](C#N)NC(=O)[C@@H]2[C@H]3[C@H](CN2C(=O)[C@@H](NC(=O)C(F)(F)F)C(C)(C)C)C3(C)C)C1=O. The number of amides is 5. The van der Waals surface area contributed by atoms with Crippen molar-refractivity contribution in [1.82, 2.24) is 25.3 Å². The van der Waals surface area contributed by atoms with E-state index in [4.69, 9.17) is 0 Å². The molecule has 0 unspecified atom stereocenters. The molecule has 3 fully saturated rings. The summed E-state index contributed by atoms with van der Waals surface area (Å²) in [5.41, 5.74) is -1.35. The standard InChI is InChI=1S/C23H33F3N6O4/c1-21(2,3)16(29-19(35)23(24,25)26)18(34)32-11-13-14(22(13,4)5)15(32)17(33)28-12(9-27)10-31-8-7-30(6)20(31)36/h12-16H,7-8,10-11H2,1-6H3,(H,28,33)(H,29,35)/t12-,13+,14-,15+,16-/m1/s1. The molecule has 2 N–H and O–H groups in total. The number of likely N-dealkylation sites (tertiary alicyclic amines) is 1. The van der Waals surface area contributed by atoms with Gasteiger partial charge in [-0.3, -0.25) is 14.4 Å². The van der Waals surface area contributed by atoms with Gasteiger partial charge in [-0.05, 0) is 22.7 Å². The summed E-state index contributed by atoms with van der Waals surface area (Å²) in [4.78, 5) is 54.9. The predicted molar refractivity (Wildman–Crippen MR) is 121 cm³/mol. The van der Waals surface area contributed by atoms with Crippen molar-refractivity contribution >= 4 is 23.8 Å². The number of fused-ring (bicyclic) bond motifs is 1. The van der Waals surface area contributed by atoms with Crippen LogP contribution < -0.4 is 10.6 Å². The van der Waals surface area contributed by atoms with E-state index in [1.807, 2.05) is 19.9 Å². The van der Waals surface area contributed by atoms with Gasteiger partial charge in [-0.25, -0.2) is 4.79 Å². The van der Waals surface area contributed by atoms with Crippen LogP contribution in [0.4, 0.5) is 18.0 Å². The lowest BCUT2D eigenvalue weighted by Gasteiger charge is -2.38. The van der Waals surface area contributed by atoms with Crippen LogP contribution in [0.1, 0.15) is 34.6 Å². The van der Waals surface area contributed by atoms with Gasteiger partial charge in [-0.2, -0.15) is 18.4 Å². The summed E-state index contributed by atoms with van der Waals surface area (Å²) in [5, 5.41) is 14.0. The van der Waals surface area contributed by atoms with Crippen molar-refractivity contribution in [2.24, 2.45) is 22.7 Å². The topological polar surface area (TPSA) is 126 Å². The molecule has 3 rings (SSSR count). The van der Waals surface area contributed by atoms with Crippen LogP contribution >= 0.6 is 0 Å². The molecule has 1 saturated carbocycles. The highest BCUT2D eigenvalue weighted by molar-refractivity contribution is 5.95. The number of halogens is 3. The van der Waals surface area contributed by atoms with Gasteiger partial charge in [0.1, 0.15) is 18.1 Å². The lowest BCUT2D eigenvalue weighted by molar-refractivity contribution is -0.176. The predicted octanol–water partition coefficient (Wildman–Crippen LogP) is 0.938. The fourth-order valence-corrected chi connectivity index (χ4v) is 5.31. The van der Waals surface area contributed by atoms with E-state index < -0.39 is 47.4 Å². The lowest BCUT2D eigenvalue weighted by Crippen LogP contribution is -2.61. The molecule has 1 aliphatic carbocycles. The molecule has 0 bridgehead atoms. The fourth-order valence-electron chi connectivity index (χ4n) is 5.31. The monoisotopic (exact) mass is 514 g/mol. The zero-order valence-electron chi connectivity index (χ0n) is 21.3. The fraction of sp³-hybridized carbons (Fsp3) is 0.783. The first-order chi connectivity index (χ1) is 16.4. The molecule has 0 aromatic rings. The number of likely N-dealkylation sites (N-methyl/N-ethyl adjacent to an activating group) is 1. The molecule has 0 aromatic carbocycles. The van der Waals surface area contributed by atoms with Crippen molar-refractivity contribution in [3.63, 3.8) is 0 Å². The Bertz CT molecular complexity index is 986. The first-order valence-electron chi connectivity index (χ1n) is 11.8. The molecule has 2 heterocycles. The minimum atomic E-state index is -5.17. The van der Waals surface area contributed by atoms with Crippen molar-refractivity contribution < 1.29 is 32.3 Å². The third kappa shape index (κ3) is 5.08. The van der Waals surface area contributed by atoms with Gasteiger partial charge in [0.05, 0.1) is 12.6 Å². The van der Waals surface area contributed by atoms with Gasteiger partial charge >= 0.3 is 18.1 Å². The van der Waals surface area contributed by atoms with E-state index in [0.29, 0.717) is 13.1 Å². The van der Waals surface area contributed by atoms with Gasteiger partial charge in [0.25, 0.3) is 0 Å². The molecular weight excluding hydrogens is 481 g/mol. The van der Waals surface area contributed by atoms with Crippen LogP contribution in [0.5, 0.6) is 0 Å². The van der Waals surface area contributed by atoms with Crippen LogP contribution in [-0.2, 0) is 14.4 Å². The number of nitrogens with zero attached hydrogens (tertiary/aromatic N) is 4. The van der Waals surface area contributed by atoms with Gasteiger partial charge < -0.3 is 25.3 Å². The Morgan fingerprint density at radius 2 is 1.78 bits per heavy atom. The molecule has 0 spiro atoms. The molecule has 0 radical (unpaired) electrons. The molecule has 36 heavy (non-hydrogen) atoms. The summed E-state index contributed by atoms with van der Waals surface area (Å²) < 4.78 is 38.9. The molecule has 2 aliphatic heterocycles. The maximum Gasteiger partial charge on any atom is 0.471 e. The Balaban J connectivity index is 1.80. The third-order valence-corrected chi connectivity index (χ3v) is 7.58. The quantitative estimate of drug-likeness (QED) is 0.546. The van der Waals surface area contributed by atoms with Crippen LogP contribution in [0.15, 0.2) is 0 Å². The molecule has 2 saturated heterocycles. The second-order valence-electron chi connectivity index (χ2n) is 11.5. The average molecular weight is 515 g/mol. The third-order valence-electron chi connectivity index (χ3n) is 7.58. The van der Waals surface area contributed by atoms with Gasteiger partial charge in [-0.1, -0.05) is 34.6 Å². The summed E-state index contributed by atoms with van der Waals surface area (Å²) >= 11 is 0. The van der Waals surface area contributed by atoms with Crippen LogP contribution in [0.3, 0.4) is 0 Å². The van der Waals surface area contributed by atoms with Crippen molar-refractivity contribution in [3.8, 4) is 6.07 Å². The molecule has 5 atom stereocenters. The molecule has 13 heteroatoms. The van der Waals surface area contributed by atoms with Crippen molar-refractivity contribution in [3.05, 3.63) is 0 Å². The summed E-state index contributed by atoms with van der Waals surface area (Å²) in [6.07, 6.45) is -5.17. The Hall–Kier alpha value is -3.04. The highest BCUT2D eigenvalue weighted by Gasteiger charge is 2.70. The van der Waals surface area contributed by atoms with E-state index in [-0.39, 0.29) is 36.4 Å². The number of hydrogen-bond donors (Lipinski definition) is 2. The van der Waals surface area contributed by atoms with Crippen LogP contribution in [0.25, 0.3) is 0 Å². The molecule has 10 nitrogen and oxygen atoms in total. The van der Waals surface area contributed by atoms with Crippen LogP contribution in [-0.4, -0.2) is 96.0 Å². The minimum Gasteiger partial charge on any atom is -0.337 e. The number of nitriles is 1. The summed E-state index contributed by atoms with van der Waals surface area (Å²) in [7, 11) is 1.63. The number of nitrogens with one attached hydrogen (secondary N) is 2. The second-order valence-corrected chi connectivity index (χ2v) is 11.5. The molecular formula is C23H33F3N6O4. The van der Waals surface area contributed by atoms with E-state index in [1.165, 1.54) is 35.5 Å². The Morgan fingerprint density at radius 3 is 2.25 bits per heavy atom. The van der Waals surface area contributed by atoms with Crippen LogP contribution in [0, 0.1) is 34.0 Å². The Morgan fingerprint density at radius 1 is 1.17 bits per heavy atom. The number of urea groups is 1. The average Bonchev–Trinajstić information content (AvgIpc) is 3.07. The van der Waals surface area contributed by atoms with E-state index in [9.17, 15) is 37.6 Å². The van der Waals surface area contributed by atoms with Gasteiger partial charge in [-0.15, -0.1) is 0 Å². The smallest absolute Gasteiger partial charge is 0.337 e.